The lowest BCUT2D eigenvalue weighted by atomic mass is 10.1. The average Bonchev–Trinajstić information content (AvgIpc) is 3.46. The molecule has 2 aromatic rings. The molecule has 0 bridgehead atoms. The van der Waals surface area contributed by atoms with Gasteiger partial charge in [0.05, 0.1) is 0 Å². The van der Waals surface area contributed by atoms with Crippen LogP contribution in [-0.4, -0.2) is 46.5 Å². The van der Waals surface area contributed by atoms with Crippen LogP contribution in [0.3, 0.4) is 0 Å². The number of aromatic nitrogens is 2. The minimum Gasteiger partial charge on any atom is -0.439 e. The van der Waals surface area contributed by atoms with Gasteiger partial charge < -0.3 is 14.5 Å². The third-order valence-electron chi connectivity index (χ3n) is 4.81. The summed E-state index contributed by atoms with van der Waals surface area (Å²) in [5, 5.41) is 0. The lowest BCUT2D eigenvalue weighted by Crippen LogP contribution is -2.54. The molecule has 1 amide bonds. The van der Waals surface area contributed by atoms with Crippen LogP contribution in [0.15, 0.2) is 36.7 Å². The lowest BCUT2D eigenvalue weighted by molar-refractivity contribution is -0.134. The Morgan fingerprint density at radius 2 is 2.08 bits per heavy atom. The smallest absolute Gasteiger partial charge is 0.226 e. The Balaban J connectivity index is 1.44. The Labute approximate surface area is 151 Å². The largest absolute Gasteiger partial charge is 0.439 e. The van der Waals surface area contributed by atoms with E-state index in [9.17, 15) is 9.18 Å². The number of hydrogen-bond acceptors (Lipinski definition) is 5. The van der Waals surface area contributed by atoms with E-state index in [1.807, 2.05) is 4.90 Å². The van der Waals surface area contributed by atoms with Gasteiger partial charge >= 0.3 is 0 Å². The summed E-state index contributed by atoms with van der Waals surface area (Å²) in [6, 6.07) is 7.82. The summed E-state index contributed by atoms with van der Waals surface area (Å²) in [4.78, 5) is 24.9. The number of carbonyl (C=O) groups excluding carboxylic acids is 1. The molecule has 7 heteroatoms. The molecule has 1 saturated heterocycles. The fourth-order valence-electron chi connectivity index (χ4n) is 3.27. The molecule has 0 spiro atoms. The minimum absolute atomic E-state index is 0.138. The van der Waals surface area contributed by atoms with E-state index in [4.69, 9.17) is 4.74 Å². The Hall–Kier alpha value is -2.70. The van der Waals surface area contributed by atoms with Crippen LogP contribution in [0.25, 0.3) is 0 Å². The Morgan fingerprint density at radius 1 is 1.23 bits per heavy atom. The highest BCUT2D eigenvalue weighted by Gasteiger charge is 2.37. The van der Waals surface area contributed by atoms with Crippen molar-refractivity contribution in [1.29, 1.82) is 0 Å². The Morgan fingerprint density at radius 3 is 2.81 bits per heavy atom. The molecule has 1 aliphatic heterocycles. The molecule has 2 fully saturated rings. The van der Waals surface area contributed by atoms with Gasteiger partial charge in [0.1, 0.15) is 23.7 Å². The zero-order valence-corrected chi connectivity index (χ0v) is 14.6. The van der Waals surface area contributed by atoms with E-state index < -0.39 is 0 Å². The molecule has 136 valence electrons. The van der Waals surface area contributed by atoms with Crippen LogP contribution in [-0.2, 0) is 4.79 Å². The van der Waals surface area contributed by atoms with Crippen LogP contribution in [0.4, 0.5) is 10.2 Å². The maximum absolute atomic E-state index is 13.3. The van der Waals surface area contributed by atoms with E-state index in [1.54, 1.807) is 18.2 Å². The number of piperazine rings is 1. The second kappa shape index (κ2) is 6.90. The quantitative estimate of drug-likeness (QED) is 0.843. The van der Waals surface area contributed by atoms with Crippen molar-refractivity contribution in [3.05, 3.63) is 42.5 Å². The van der Waals surface area contributed by atoms with Gasteiger partial charge in [-0.3, -0.25) is 4.79 Å². The van der Waals surface area contributed by atoms with Gasteiger partial charge in [-0.2, -0.15) is 0 Å². The molecule has 1 aromatic carbocycles. The highest BCUT2D eigenvalue weighted by molar-refractivity contribution is 5.81. The zero-order chi connectivity index (χ0) is 18.1. The zero-order valence-electron chi connectivity index (χ0n) is 14.6. The molecule has 1 saturated carbocycles. The number of benzene rings is 1. The third kappa shape index (κ3) is 3.61. The third-order valence-corrected chi connectivity index (χ3v) is 4.81. The van der Waals surface area contributed by atoms with Crippen molar-refractivity contribution in [3.63, 3.8) is 0 Å². The van der Waals surface area contributed by atoms with E-state index in [1.165, 1.54) is 18.5 Å². The molecule has 0 radical (unpaired) electrons. The molecule has 26 heavy (non-hydrogen) atoms. The van der Waals surface area contributed by atoms with Crippen molar-refractivity contribution in [2.45, 2.75) is 25.8 Å². The average molecular weight is 356 g/mol. The number of rotatable bonds is 4. The van der Waals surface area contributed by atoms with Crippen molar-refractivity contribution in [1.82, 2.24) is 14.9 Å². The van der Waals surface area contributed by atoms with E-state index in [2.05, 4.69) is 21.8 Å². The molecule has 6 nitrogen and oxygen atoms in total. The summed E-state index contributed by atoms with van der Waals surface area (Å²) >= 11 is 0. The SMILES string of the molecule is CC1CN(c2cc(Oc3cccc(F)c3)ncn2)CCN1C(=O)C1CC1. The van der Waals surface area contributed by atoms with E-state index >= 15 is 0 Å². The molecule has 1 aromatic heterocycles. The highest BCUT2D eigenvalue weighted by Crippen LogP contribution is 2.32. The van der Waals surface area contributed by atoms with Crippen LogP contribution in [0.2, 0.25) is 0 Å². The van der Waals surface area contributed by atoms with E-state index in [0.717, 1.165) is 31.7 Å². The summed E-state index contributed by atoms with van der Waals surface area (Å²) in [5.41, 5.74) is 0. The van der Waals surface area contributed by atoms with Crippen LogP contribution in [0.5, 0.6) is 11.6 Å². The molecule has 1 aliphatic carbocycles. The summed E-state index contributed by atoms with van der Waals surface area (Å²) in [5.74, 6) is 1.68. The molecule has 2 aliphatic rings. The molecule has 0 N–H and O–H groups in total. The van der Waals surface area contributed by atoms with Crippen molar-refractivity contribution < 1.29 is 13.9 Å². The van der Waals surface area contributed by atoms with Gasteiger partial charge in [0.2, 0.25) is 11.8 Å². The first-order valence-corrected chi connectivity index (χ1v) is 8.91. The first-order valence-electron chi connectivity index (χ1n) is 8.91. The molecule has 1 unspecified atom stereocenters. The fourth-order valence-corrected chi connectivity index (χ4v) is 3.27. The van der Waals surface area contributed by atoms with Crippen molar-refractivity contribution in [2.75, 3.05) is 24.5 Å². The minimum atomic E-state index is -0.359. The number of anilines is 1. The highest BCUT2D eigenvalue weighted by atomic mass is 19.1. The predicted molar refractivity (Wildman–Crippen MR) is 94.6 cm³/mol. The first-order chi connectivity index (χ1) is 12.6. The van der Waals surface area contributed by atoms with Gasteiger partial charge in [0.25, 0.3) is 0 Å². The van der Waals surface area contributed by atoms with Gasteiger partial charge in [-0.05, 0) is 31.9 Å². The number of halogens is 1. The molecular weight excluding hydrogens is 335 g/mol. The number of nitrogens with zero attached hydrogens (tertiary/aromatic N) is 4. The van der Waals surface area contributed by atoms with Crippen LogP contribution in [0, 0.1) is 11.7 Å². The Kier molecular flexibility index (Phi) is 4.44. The van der Waals surface area contributed by atoms with Gasteiger partial charge in [0.15, 0.2) is 0 Å². The molecule has 1 atom stereocenters. The van der Waals surface area contributed by atoms with Crippen molar-refractivity contribution in [3.8, 4) is 11.6 Å². The molecule has 4 rings (SSSR count). The van der Waals surface area contributed by atoms with Crippen LogP contribution < -0.4 is 9.64 Å². The van der Waals surface area contributed by atoms with Gasteiger partial charge in [-0.25, -0.2) is 14.4 Å². The van der Waals surface area contributed by atoms with Crippen LogP contribution >= 0.6 is 0 Å². The number of hydrogen-bond donors (Lipinski definition) is 0. The second-order valence-electron chi connectivity index (χ2n) is 6.87. The van der Waals surface area contributed by atoms with Crippen LogP contribution in [0.1, 0.15) is 19.8 Å². The molecular formula is C19H21FN4O2. The van der Waals surface area contributed by atoms with E-state index in [-0.39, 0.29) is 23.7 Å². The summed E-state index contributed by atoms with van der Waals surface area (Å²) in [7, 11) is 0. The van der Waals surface area contributed by atoms with E-state index in [0.29, 0.717) is 18.2 Å². The van der Waals surface area contributed by atoms with Gasteiger partial charge in [-0.1, -0.05) is 6.07 Å². The standard InChI is InChI=1S/C19H21FN4O2/c1-13-11-23(7-8-24(13)19(25)14-5-6-14)17-10-18(22-12-21-17)26-16-4-2-3-15(20)9-16/h2-4,9-10,12-14H,5-8,11H2,1H3. The normalized spacial score (nSPS) is 20.2. The number of ether oxygens (including phenoxy) is 1. The lowest BCUT2D eigenvalue weighted by Gasteiger charge is -2.40. The number of amides is 1. The fraction of sp³-hybridized carbons (Fsp3) is 0.421. The number of carbonyl (C=O) groups is 1. The summed E-state index contributed by atoms with van der Waals surface area (Å²) < 4.78 is 18.9. The summed E-state index contributed by atoms with van der Waals surface area (Å²) in [6.45, 7) is 4.20. The monoisotopic (exact) mass is 356 g/mol. The van der Waals surface area contributed by atoms with Crippen molar-refractivity contribution in [2.24, 2.45) is 5.92 Å². The Bertz CT molecular complexity index is 812. The maximum atomic E-state index is 13.3. The van der Waals surface area contributed by atoms with Gasteiger partial charge in [-0.15, -0.1) is 0 Å². The second-order valence-corrected chi connectivity index (χ2v) is 6.87. The summed E-state index contributed by atoms with van der Waals surface area (Å²) in [6.07, 6.45) is 3.49. The van der Waals surface area contributed by atoms with Gasteiger partial charge in [0, 0.05) is 43.7 Å². The topological polar surface area (TPSA) is 58.6 Å². The maximum Gasteiger partial charge on any atom is 0.226 e. The first kappa shape index (κ1) is 16.8. The van der Waals surface area contributed by atoms with Crippen molar-refractivity contribution >= 4 is 11.7 Å². The predicted octanol–water partition coefficient (Wildman–Crippen LogP) is 2.86. The molecule has 2 heterocycles.